The first-order valence-corrected chi connectivity index (χ1v) is 8.41. The van der Waals surface area contributed by atoms with Crippen molar-refractivity contribution in [3.63, 3.8) is 0 Å². The summed E-state index contributed by atoms with van der Waals surface area (Å²) < 4.78 is 38.1. The molecule has 0 spiro atoms. The Bertz CT molecular complexity index is 543. The van der Waals surface area contributed by atoms with E-state index in [-0.39, 0.29) is 5.91 Å². The summed E-state index contributed by atoms with van der Waals surface area (Å²) in [6.45, 7) is 7.18. The first-order chi connectivity index (χ1) is 10.7. The monoisotopic (exact) mass is 364 g/mol. The molecule has 0 saturated carbocycles. The maximum Gasteiger partial charge on any atom is 0.416 e. The number of hydrogen-bond acceptors (Lipinski definition) is 3. The van der Waals surface area contributed by atoms with Gasteiger partial charge >= 0.3 is 6.18 Å². The van der Waals surface area contributed by atoms with Crippen LogP contribution in [0.4, 0.5) is 18.9 Å². The molecule has 0 radical (unpaired) electrons. The highest BCUT2D eigenvalue weighted by Gasteiger charge is 2.30. The smallest absolute Gasteiger partial charge is 0.358 e. The van der Waals surface area contributed by atoms with Gasteiger partial charge in [0, 0.05) is 18.8 Å². The van der Waals surface area contributed by atoms with Gasteiger partial charge < -0.3 is 10.2 Å². The third-order valence-corrected chi connectivity index (χ3v) is 4.72. The van der Waals surface area contributed by atoms with Crippen LogP contribution in [0.25, 0.3) is 0 Å². The fourth-order valence-electron chi connectivity index (χ4n) is 1.75. The highest BCUT2D eigenvalue weighted by atomic mass is 32.2. The van der Waals surface area contributed by atoms with Gasteiger partial charge in [-0.05, 0) is 45.0 Å². The molecule has 0 aliphatic rings. The van der Waals surface area contributed by atoms with E-state index in [1.54, 1.807) is 6.92 Å². The SMILES string of the molecule is CCN(CC)C(=S)SC(C)C(=O)Nc1ccc(C(F)(F)F)cc1. The number of nitrogens with zero attached hydrogens (tertiary/aromatic N) is 1. The Kier molecular flexibility index (Phi) is 7.34. The second-order valence-corrected chi connectivity index (χ2v) is 6.74. The van der Waals surface area contributed by atoms with Gasteiger partial charge in [0.25, 0.3) is 0 Å². The molecule has 0 bridgehead atoms. The average molecular weight is 364 g/mol. The molecule has 1 unspecified atom stereocenters. The van der Waals surface area contributed by atoms with Crippen molar-refractivity contribution in [1.29, 1.82) is 0 Å². The largest absolute Gasteiger partial charge is 0.416 e. The van der Waals surface area contributed by atoms with Crippen molar-refractivity contribution in [2.45, 2.75) is 32.2 Å². The lowest BCUT2D eigenvalue weighted by atomic mass is 10.2. The molecule has 1 rings (SSSR count). The molecule has 23 heavy (non-hydrogen) atoms. The van der Waals surface area contributed by atoms with E-state index in [1.165, 1.54) is 23.9 Å². The summed E-state index contributed by atoms with van der Waals surface area (Å²) in [5, 5.41) is 2.16. The third kappa shape index (κ3) is 6.02. The summed E-state index contributed by atoms with van der Waals surface area (Å²) in [6, 6.07) is 4.35. The number of benzene rings is 1. The first kappa shape index (κ1) is 19.8. The maximum atomic E-state index is 12.5. The highest BCUT2D eigenvalue weighted by Crippen LogP contribution is 2.30. The van der Waals surface area contributed by atoms with Gasteiger partial charge in [0.05, 0.1) is 10.8 Å². The second-order valence-electron chi connectivity index (χ2n) is 4.76. The molecule has 0 fully saturated rings. The van der Waals surface area contributed by atoms with Crippen LogP contribution < -0.4 is 5.32 Å². The van der Waals surface area contributed by atoms with Gasteiger partial charge in [-0.15, -0.1) is 0 Å². The zero-order chi connectivity index (χ0) is 17.6. The molecule has 0 aromatic heterocycles. The van der Waals surface area contributed by atoms with Crippen LogP contribution in [0.3, 0.4) is 0 Å². The predicted octanol–water partition coefficient (Wildman–Crippen LogP) is 4.39. The standard InChI is InChI=1S/C15H19F3N2OS2/c1-4-20(5-2)14(22)23-10(3)13(21)19-12-8-6-11(7-9-12)15(16,17)18/h6-10H,4-5H2,1-3H3,(H,19,21). The van der Waals surface area contributed by atoms with Crippen molar-refractivity contribution >= 4 is 39.9 Å². The fraction of sp³-hybridized carbons (Fsp3) is 0.467. The van der Waals surface area contributed by atoms with E-state index < -0.39 is 17.0 Å². The number of carbonyl (C=O) groups is 1. The Labute approximate surface area is 143 Å². The van der Waals surface area contributed by atoms with Crippen LogP contribution in [0.1, 0.15) is 26.3 Å². The Balaban J connectivity index is 2.63. The molecule has 0 heterocycles. The van der Waals surface area contributed by atoms with Crippen LogP contribution in [0.2, 0.25) is 0 Å². The summed E-state index contributed by atoms with van der Waals surface area (Å²) >= 11 is 6.53. The molecule has 1 amide bonds. The first-order valence-electron chi connectivity index (χ1n) is 7.12. The Morgan fingerprint density at radius 3 is 2.22 bits per heavy atom. The summed E-state index contributed by atoms with van der Waals surface area (Å²) in [4.78, 5) is 14.1. The number of alkyl halides is 3. The fourth-order valence-corrected chi connectivity index (χ4v) is 3.31. The average Bonchev–Trinajstić information content (AvgIpc) is 2.48. The minimum atomic E-state index is -4.39. The van der Waals surface area contributed by atoms with Crippen molar-refractivity contribution in [3.8, 4) is 0 Å². The van der Waals surface area contributed by atoms with E-state index in [0.717, 1.165) is 25.2 Å². The van der Waals surface area contributed by atoms with Gasteiger partial charge in [-0.2, -0.15) is 13.2 Å². The minimum absolute atomic E-state index is 0.302. The Morgan fingerprint density at radius 1 is 1.26 bits per heavy atom. The van der Waals surface area contributed by atoms with Crippen LogP contribution in [-0.2, 0) is 11.0 Å². The molecule has 0 aliphatic heterocycles. The number of halogens is 3. The summed E-state index contributed by atoms with van der Waals surface area (Å²) in [7, 11) is 0. The number of hydrogen-bond donors (Lipinski definition) is 1. The van der Waals surface area contributed by atoms with E-state index >= 15 is 0 Å². The van der Waals surface area contributed by atoms with Crippen molar-refractivity contribution < 1.29 is 18.0 Å². The van der Waals surface area contributed by atoms with Crippen LogP contribution in [-0.4, -0.2) is 33.5 Å². The zero-order valence-electron chi connectivity index (χ0n) is 13.1. The summed E-state index contributed by atoms with van der Waals surface area (Å²) in [5.74, 6) is -0.302. The summed E-state index contributed by atoms with van der Waals surface area (Å²) in [5.41, 5.74) is -0.426. The second kappa shape index (κ2) is 8.54. The van der Waals surface area contributed by atoms with E-state index in [2.05, 4.69) is 5.32 Å². The molecule has 1 aromatic rings. The number of rotatable bonds is 5. The normalized spacial score (nSPS) is 12.6. The van der Waals surface area contributed by atoms with Crippen LogP contribution in [0.5, 0.6) is 0 Å². The van der Waals surface area contributed by atoms with E-state index in [9.17, 15) is 18.0 Å². The number of nitrogens with one attached hydrogen (secondary N) is 1. The lowest BCUT2D eigenvalue weighted by molar-refractivity contribution is -0.137. The van der Waals surface area contributed by atoms with Crippen molar-refractivity contribution in [2.24, 2.45) is 0 Å². The summed E-state index contributed by atoms with van der Waals surface area (Å²) in [6.07, 6.45) is -4.39. The number of thioether (sulfide) groups is 1. The minimum Gasteiger partial charge on any atom is -0.358 e. The van der Waals surface area contributed by atoms with Gasteiger partial charge in [0.2, 0.25) is 5.91 Å². The molecule has 1 N–H and O–H groups in total. The van der Waals surface area contributed by atoms with Gasteiger partial charge in [0.15, 0.2) is 0 Å². The molecule has 8 heteroatoms. The van der Waals surface area contributed by atoms with Crippen LogP contribution in [0.15, 0.2) is 24.3 Å². The molecule has 1 aromatic carbocycles. The van der Waals surface area contributed by atoms with Crippen molar-refractivity contribution in [2.75, 3.05) is 18.4 Å². The predicted molar refractivity (Wildman–Crippen MR) is 92.6 cm³/mol. The van der Waals surface area contributed by atoms with Crippen LogP contribution >= 0.6 is 24.0 Å². The van der Waals surface area contributed by atoms with Gasteiger partial charge in [0.1, 0.15) is 4.32 Å². The van der Waals surface area contributed by atoms with Gasteiger partial charge in [-0.3, -0.25) is 4.79 Å². The maximum absolute atomic E-state index is 12.5. The molecule has 3 nitrogen and oxygen atoms in total. The van der Waals surface area contributed by atoms with Gasteiger partial charge in [-0.25, -0.2) is 0 Å². The lowest BCUT2D eigenvalue weighted by Gasteiger charge is -2.22. The number of amides is 1. The van der Waals surface area contributed by atoms with Crippen molar-refractivity contribution in [3.05, 3.63) is 29.8 Å². The Morgan fingerprint density at radius 2 is 1.78 bits per heavy atom. The number of thiocarbonyl (C=S) groups is 1. The van der Waals surface area contributed by atoms with Crippen molar-refractivity contribution in [1.82, 2.24) is 4.90 Å². The third-order valence-electron chi connectivity index (χ3n) is 3.15. The quantitative estimate of drug-likeness (QED) is 0.786. The molecule has 0 aliphatic carbocycles. The molecule has 128 valence electrons. The lowest BCUT2D eigenvalue weighted by Crippen LogP contribution is -2.31. The Hall–Kier alpha value is -1.28. The van der Waals surface area contributed by atoms with Gasteiger partial charge in [-0.1, -0.05) is 24.0 Å². The number of carbonyl (C=O) groups excluding carboxylic acids is 1. The molecular weight excluding hydrogens is 345 g/mol. The van der Waals surface area contributed by atoms with E-state index in [0.29, 0.717) is 10.0 Å². The van der Waals surface area contributed by atoms with E-state index in [1.807, 2.05) is 18.7 Å². The van der Waals surface area contributed by atoms with Crippen LogP contribution in [0, 0.1) is 0 Å². The molecular formula is C15H19F3N2OS2. The zero-order valence-corrected chi connectivity index (χ0v) is 14.7. The molecule has 0 saturated heterocycles. The molecule has 1 atom stereocenters. The number of anilines is 1. The topological polar surface area (TPSA) is 32.3 Å². The highest BCUT2D eigenvalue weighted by molar-refractivity contribution is 8.23. The van der Waals surface area contributed by atoms with E-state index in [4.69, 9.17) is 12.2 Å².